The third-order valence-corrected chi connectivity index (χ3v) is 13.7. The number of fused-ring (bicyclic) bond motifs is 8. The Balaban J connectivity index is 1.01. The lowest BCUT2D eigenvalue weighted by atomic mass is 9.83. The summed E-state index contributed by atoms with van der Waals surface area (Å²) in [6, 6.07) is 73.3. The van der Waals surface area contributed by atoms with Gasteiger partial charge in [0, 0.05) is 49.8 Å². The monoisotopic (exact) mass is 779 g/mol. The normalized spacial score (nSPS) is 19.0. The number of aliphatic imine (C=N–C) groups is 1. The Morgan fingerprint density at radius 1 is 0.492 bits per heavy atom. The molecule has 286 valence electrons. The number of benzene rings is 9. The van der Waals surface area contributed by atoms with E-state index in [-0.39, 0.29) is 12.3 Å². The number of rotatable bonds is 5. The van der Waals surface area contributed by atoms with E-state index in [1.165, 1.54) is 82.9 Å². The van der Waals surface area contributed by atoms with E-state index in [1.807, 2.05) is 0 Å². The number of anilines is 2. The van der Waals surface area contributed by atoms with Crippen molar-refractivity contribution in [2.24, 2.45) is 4.99 Å². The first-order valence-corrected chi connectivity index (χ1v) is 21.2. The van der Waals surface area contributed by atoms with Crippen LogP contribution < -0.4 is 15.5 Å². The molecule has 3 heterocycles. The van der Waals surface area contributed by atoms with Crippen LogP contribution in [0.4, 0.5) is 11.4 Å². The summed E-state index contributed by atoms with van der Waals surface area (Å²) in [5.41, 5.74) is 18.3. The van der Waals surface area contributed by atoms with Crippen molar-refractivity contribution in [1.29, 1.82) is 0 Å². The highest BCUT2D eigenvalue weighted by atomic mass is 15.3. The molecule has 61 heavy (non-hydrogen) atoms. The fourth-order valence-electron chi connectivity index (χ4n) is 11.4. The van der Waals surface area contributed by atoms with Crippen LogP contribution in [0.2, 0.25) is 0 Å². The number of amidine groups is 1. The summed E-state index contributed by atoms with van der Waals surface area (Å²) in [5.74, 6) is 0.882. The lowest BCUT2D eigenvalue weighted by Crippen LogP contribution is -2.45. The lowest BCUT2D eigenvalue weighted by Gasteiger charge is -2.39. The van der Waals surface area contributed by atoms with Gasteiger partial charge in [-0.3, -0.25) is 5.32 Å². The molecule has 0 amide bonds. The van der Waals surface area contributed by atoms with E-state index >= 15 is 0 Å². The molecule has 4 aliphatic rings. The fraction of sp³-hybridized carbons (Fsp3) is 0.0536. The van der Waals surface area contributed by atoms with Crippen LogP contribution in [-0.2, 0) is 5.54 Å². The van der Waals surface area contributed by atoms with Gasteiger partial charge in [0.25, 0.3) is 0 Å². The number of hydrogen-bond donors (Lipinski definition) is 2. The first kappa shape index (κ1) is 33.1. The minimum atomic E-state index is -0.555. The SMILES string of the molecule is c1ccc(C2=NC(c3ccccc3)NC(c3ccc(N4c5cccc6c5c5c(c7c6c6ccccc6n7-c6ccccc6)-c6cccc7c6C54c4ccccc4-7)cc3)N2)cc1. The van der Waals surface area contributed by atoms with Crippen molar-refractivity contribution in [2.45, 2.75) is 17.9 Å². The van der Waals surface area contributed by atoms with Crippen molar-refractivity contribution in [2.75, 3.05) is 4.90 Å². The molecule has 5 nitrogen and oxygen atoms in total. The van der Waals surface area contributed by atoms with E-state index < -0.39 is 5.54 Å². The molecule has 0 saturated heterocycles. The topological polar surface area (TPSA) is 44.6 Å². The van der Waals surface area contributed by atoms with Crippen LogP contribution in [0.3, 0.4) is 0 Å². The zero-order chi connectivity index (χ0) is 39.8. The lowest BCUT2D eigenvalue weighted by molar-refractivity contribution is 0.409. The molecule has 5 heteroatoms. The zero-order valence-corrected chi connectivity index (χ0v) is 33.0. The average Bonchev–Trinajstić information content (AvgIpc) is 4.03. The molecule has 2 aliphatic carbocycles. The van der Waals surface area contributed by atoms with Gasteiger partial charge in [0.2, 0.25) is 0 Å². The predicted molar refractivity (Wildman–Crippen MR) is 249 cm³/mol. The van der Waals surface area contributed by atoms with Crippen LogP contribution in [0.1, 0.15) is 45.7 Å². The van der Waals surface area contributed by atoms with Crippen molar-refractivity contribution >= 4 is 49.8 Å². The van der Waals surface area contributed by atoms with Gasteiger partial charge in [-0.1, -0.05) is 164 Å². The quantitative estimate of drug-likeness (QED) is 0.183. The van der Waals surface area contributed by atoms with Gasteiger partial charge in [-0.2, -0.15) is 0 Å². The second-order valence-corrected chi connectivity index (χ2v) is 16.7. The van der Waals surface area contributed by atoms with E-state index in [2.05, 4.69) is 220 Å². The van der Waals surface area contributed by atoms with Crippen molar-refractivity contribution in [3.63, 3.8) is 0 Å². The molecule has 1 aromatic heterocycles. The van der Waals surface area contributed by atoms with Crippen molar-refractivity contribution in [3.8, 4) is 27.9 Å². The van der Waals surface area contributed by atoms with E-state index in [9.17, 15) is 0 Å². The van der Waals surface area contributed by atoms with Crippen LogP contribution >= 0.6 is 0 Å². The van der Waals surface area contributed by atoms with E-state index in [1.54, 1.807) is 0 Å². The third-order valence-electron chi connectivity index (χ3n) is 13.7. The molecule has 14 rings (SSSR count). The summed E-state index contributed by atoms with van der Waals surface area (Å²) in [6.45, 7) is 0. The molecule has 0 saturated carbocycles. The standard InChI is InChI=1S/C56H37N5/c1-4-16-34(17-5-1)53-57-54(35-18-6-2-7-19-35)59-55(58-53)36-30-32-38(33-31-36)61-46-29-15-25-42-47-41-23-11-13-28-45(41)60(37-20-8-3-9-21-37)52(47)49-43-26-14-24-40-39-22-10-12-27-44(39)56(61,50(40)43)51(49)48(42)46/h1-33,53,55,58H,(H,57,59). The average molecular weight is 780 g/mol. The van der Waals surface area contributed by atoms with Gasteiger partial charge in [0.05, 0.1) is 16.7 Å². The smallest absolute Gasteiger partial charge is 0.131 e. The van der Waals surface area contributed by atoms with E-state index in [4.69, 9.17) is 4.99 Å². The summed E-state index contributed by atoms with van der Waals surface area (Å²) in [7, 11) is 0. The second-order valence-electron chi connectivity index (χ2n) is 16.7. The Kier molecular flexibility index (Phi) is 6.61. The Morgan fingerprint density at radius 3 is 2.00 bits per heavy atom. The maximum absolute atomic E-state index is 5.17. The Morgan fingerprint density at radius 2 is 1.16 bits per heavy atom. The Bertz CT molecular complexity index is 3480. The van der Waals surface area contributed by atoms with Crippen molar-refractivity contribution < 1.29 is 0 Å². The van der Waals surface area contributed by atoms with Crippen LogP contribution in [-0.4, -0.2) is 10.4 Å². The molecule has 3 atom stereocenters. The molecule has 10 aromatic rings. The van der Waals surface area contributed by atoms with Crippen molar-refractivity contribution in [1.82, 2.24) is 15.2 Å². The van der Waals surface area contributed by atoms with Gasteiger partial charge in [0.1, 0.15) is 23.7 Å². The van der Waals surface area contributed by atoms with Crippen LogP contribution in [0.25, 0.3) is 60.5 Å². The first-order valence-electron chi connectivity index (χ1n) is 21.2. The molecular weight excluding hydrogens is 743 g/mol. The summed E-state index contributed by atoms with van der Waals surface area (Å²) in [5, 5.41) is 12.8. The highest BCUT2D eigenvalue weighted by Crippen LogP contribution is 2.71. The number of aromatic nitrogens is 1. The molecule has 0 bridgehead atoms. The van der Waals surface area contributed by atoms with Gasteiger partial charge in [-0.15, -0.1) is 0 Å². The third kappa shape index (κ3) is 4.25. The molecule has 3 unspecified atom stereocenters. The Labute approximate surface area is 352 Å². The zero-order valence-electron chi connectivity index (χ0n) is 33.0. The minimum absolute atomic E-state index is 0.158. The molecule has 2 aliphatic heterocycles. The fourth-order valence-corrected chi connectivity index (χ4v) is 11.4. The predicted octanol–water partition coefficient (Wildman–Crippen LogP) is 12.7. The number of nitrogens with one attached hydrogen (secondary N) is 2. The number of nitrogens with zero attached hydrogens (tertiary/aromatic N) is 3. The van der Waals surface area contributed by atoms with Crippen LogP contribution in [0, 0.1) is 0 Å². The first-order chi connectivity index (χ1) is 30.3. The largest absolute Gasteiger partial charge is 0.350 e. The van der Waals surface area contributed by atoms with Crippen LogP contribution in [0.5, 0.6) is 0 Å². The van der Waals surface area contributed by atoms with E-state index in [0.717, 1.165) is 28.2 Å². The van der Waals surface area contributed by atoms with Crippen molar-refractivity contribution in [3.05, 3.63) is 234 Å². The van der Waals surface area contributed by atoms with Gasteiger partial charge < -0.3 is 14.8 Å². The number of para-hydroxylation sites is 2. The molecule has 0 fully saturated rings. The minimum Gasteiger partial charge on any atom is -0.350 e. The molecule has 2 N–H and O–H groups in total. The second kappa shape index (κ2) is 12.2. The van der Waals surface area contributed by atoms with E-state index in [0.29, 0.717) is 0 Å². The summed E-state index contributed by atoms with van der Waals surface area (Å²) in [6.07, 6.45) is -0.356. The van der Waals surface area contributed by atoms with Gasteiger partial charge >= 0.3 is 0 Å². The van der Waals surface area contributed by atoms with Gasteiger partial charge in [0.15, 0.2) is 0 Å². The highest BCUT2D eigenvalue weighted by Gasteiger charge is 2.60. The molecular formula is C56H37N5. The maximum Gasteiger partial charge on any atom is 0.131 e. The maximum atomic E-state index is 5.17. The van der Waals surface area contributed by atoms with Gasteiger partial charge in [-0.05, 0) is 75.2 Å². The molecule has 0 radical (unpaired) electrons. The van der Waals surface area contributed by atoms with Gasteiger partial charge in [-0.25, -0.2) is 4.99 Å². The molecule has 1 spiro atoms. The Hall–Kier alpha value is -7.73. The molecule has 9 aromatic carbocycles. The highest BCUT2D eigenvalue weighted by molar-refractivity contribution is 6.31. The summed E-state index contributed by atoms with van der Waals surface area (Å²) >= 11 is 0. The van der Waals surface area contributed by atoms with Crippen LogP contribution in [0.15, 0.2) is 205 Å². The summed E-state index contributed by atoms with van der Waals surface area (Å²) < 4.78 is 2.53. The number of hydrogen-bond acceptors (Lipinski definition) is 4. The summed E-state index contributed by atoms with van der Waals surface area (Å²) in [4.78, 5) is 7.85.